The molecule has 2 aromatic rings. The Morgan fingerprint density at radius 2 is 1.64 bits per heavy atom. The molecular formula is C21H25N3O4. The van der Waals surface area contributed by atoms with Gasteiger partial charge in [-0.1, -0.05) is 18.2 Å². The largest absolute Gasteiger partial charge is 0.484 e. The fraction of sp³-hybridized carbons (Fsp3) is 0.286. The smallest absolute Gasteiger partial charge is 0.257 e. The van der Waals surface area contributed by atoms with Gasteiger partial charge in [0.2, 0.25) is 5.91 Å². The maximum absolute atomic E-state index is 12.1. The lowest BCUT2D eigenvalue weighted by Crippen LogP contribution is -2.28. The fourth-order valence-corrected chi connectivity index (χ4v) is 2.47. The standard InChI is InChI=1S/C21H25N3O4/c1-3-22-20(26)14-28-17-10-8-16(9-11-17)24-19(25)12-13-23-21(27)18-7-5-4-6-15(18)2/h4-11H,3,12-14H2,1-2H3,(H,22,26)(H,23,27)(H,24,25). The van der Waals surface area contributed by atoms with Crippen LogP contribution in [-0.2, 0) is 9.59 Å². The van der Waals surface area contributed by atoms with Gasteiger partial charge < -0.3 is 20.7 Å². The van der Waals surface area contributed by atoms with E-state index in [1.165, 1.54) is 0 Å². The van der Waals surface area contributed by atoms with Gasteiger partial charge in [0, 0.05) is 30.8 Å². The van der Waals surface area contributed by atoms with E-state index in [1.54, 1.807) is 36.4 Å². The van der Waals surface area contributed by atoms with Crippen molar-refractivity contribution in [1.29, 1.82) is 0 Å². The van der Waals surface area contributed by atoms with Crippen LogP contribution < -0.4 is 20.7 Å². The number of carbonyl (C=O) groups excluding carboxylic acids is 3. The molecule has 2 rings (SSSR count). The van der Waals surface area contributed by atoms with Crippen LogP contribution in [0.5, 0.6) is 5.75 Å². The van der Waals surface area contributed by atoms with E-state index in [1.807, 2.05) is 26.0 Å². The van der Waals surface area contributed by atoms with Gasteiger partial charge in [-0.3, -0.25) is 14.4 Å². The summed E-state index contributed by atoms with van der Waals surface area (Å²) in [6, 6.07) is 14.0. The van der Waals surface area contributed by atoms with Crippen molar-refractivity contribution < 1.29 is 19.1 Å². The van der Waals surface area contributed by atoms with Crippen molar-refractivity contribution >= 4 is 23.4 Å². The Balaban J connectivity index is 1.73. The lowest BCUT2D eigenvalue weighted by Gasteiger charge is -2.09. The Kier molecular flexibility index (Phi) is 8.02. The van der Waals surface area contributed by atoms with E-state index in [0.29, 0.717) is 23.5 Å². The molecule has 0 aliphatic heterocycles. The number of benzene rings is 2. The van der Waals surface area contributed by atoms with E-state index >= 15 is 0 Å². The van der Waals surface area contributed by atoms with E-state index in [-0.39, 0.29) is 37.3 Å². The molecule has 2 aromatic carbocycles. The molecule has 0 fully saturated rings. The van der Waals surface area contributed by atoms with E-state index in [4.69, 9.17) is 4.74 Å². The van der Waals surface area contributed by atoms with Crippen LogP contribution in [0.4, 0.5) is 5.69 Å². The number of nitrogens with one attached hydrogen (secondary N) is 3. The van der Waals surface area contributed by atoms with Crippen LogP contribution in [0.3, 0.4) is 0 Å². The minimum atomic E-state index is -0.207. The Morgan fingerprint density at radius 1 is 0.929 bits per heavy atom. The van der Waals surface area contributed by atoms with Crippen LogP contribution >= 0.6 is 0 Å². The van der Waals surface area contributed by atoms with Crippen LogP contribution in [0.15, 0.2) is 48.5 Å². The Labute approximate surface area is 164 Å². The lowest BCUT2D eigenvalue weighted by atomic mass is 10.1. The molecule has 0 heterocycles. The predicted molar refractivity (Wildman–Crippen MR) is 107 cm³/mol. The Hall–Kier alpha value is -3.35. The summed E-state index contributed by atoms with van der Waals surface area (Å²) in [6.07, 6.45) is 0.160. The molecule has 0 spiro atoms. The average Bonchev–Trinajstić information content (AvgIpc) is 2.68. The van der Waals surface area contributed by atoms with E-state index in [9.17, 15) is 14.4 Å². The molecule has 7 heteroatoms. The minimum Gasteiger partial charge on any atom is -0.484 e. The third-order valence-electron chi connectivity index (χ3n) is 3.91. The summed E-state index contributed by atoms with van der Waals surface area (Å²) in [7, 11) is 0. The fourth-order valence-electron chi connectivity index (χ4n) is 2.47. The minimum absolute atomic E-state index is 0.0554. The molecule has 0 radical (unpaired) electrons. The number of hydrogen-bond donors (Lipinski definition) is 3. The predicted octanol–water partition coefficient (Wildman–Crippen LogP) is 2.27. The van der Waals surface area contributed by atoms with Crippen LogP contribution in [0.1, 0.15) is 29.3 Å². The van der Waals surface area contributed by atoms with Crippen LogP contribution in [0.2, 0.25) is 0 Å². The van der Waals surface area contributed by atoms with Crippen molar-refractivity contribution in [3.05, 3.63) is 59.7 Å². The highest BCUT2D eigenvalue weighted by Gasteiger charge is 2.09. The summed E-state index contributed by atoms with van der Waals surface area (Å²) >= 11 is 0. The van der Waals surface area contributed by atoms with Crippen LogP contribution in [0, 0.1) is 6.92 Å². The second kappa shape index (κ2) is 10.7. The zero-order chi connectivity index (χ0) is 20.4. The SMILES string of the molecule is CCNC(=O)COc1ccc(NC(=O)CCNC(=O)c2ccccc2C)cc1. The first-order chi connectivity index (χ1) is 13.5. The molecule has 0 aromatic heterocycles. The summed E-state index contributed by atoms with van der Waals surface area (Å²) in [5, 5.41) is 8.14. The molecule has 3 amide bonds. The Morgan fingerprint density at radius 3 is 2.32 bits per heavy atom. The maximum atomic E-state index is 12.1. The third-order valence-corrected chi connectivity index (χ3v) is 3.91. The average molecular weight is 383 g/mol. The van der Waals surface area contributed by atoms with Crippen LogP contribution in [0.25, 0.3) is 0 Å². The number of carbonyl (C=O) groups is 3. The quantitative estimate of drug-likeness (QED) is 0.619. The molecular weight excluding hydrogens is 358 g/mol. The number of amides is 3. The van der Waals surface area contributed by atoms with Crippen molar-refractivity contribution in [2.75, 3.05) is 25.0 Å². The molecule has 7 nitrogen and oxygen atoms in total. The summed E-state index contributed by atoms with van der Waals surface area (Å²) in [5.41, 5.74) is 2.10. The Bertz CT molecular complexity index is 819. The highest BCUT2D eigenvalue weighted by Crippen LogP contribution is 2.15. The summed E-state index contributed by atoms with van der Waals surface area (Å²) in [6.45, 7) is 4.44. The number of anilines is 1. The molecule has 28 heavy (non-hydrogen) atoms. The molecule has 0 aliphatic carbocycles. The second-order valence-corrected chi connectivity index (χ2v) is 6.14. The van der Waals surface area contributed by atoms with Gasteiger partial charge in [-0.25, -0.2) is 0 Å². The molecule has 0 atom stereocenters. The first-order valence-corrected chi connectivity index (χ1v) is 9.13. The first kappa shape index (κ1) is 21.0. The lowest BCUT2D eigenvalue weighted by molar-refractivity contribution is -0.123. The van der Waals surface area contributed by atoms with Crippen molar-refractivity contribution in [3.8, 4) is 5.75 Å². The third kappa shape index (κ3) is 6.75. The topological polar surface area (TPSA) is 96.5 Å². The van der Waals surface area contributed by atoms with Gasteiger partial charge in [0.1, 0.15) is 5.75 Å². The van der Waals surface area contributed by atoms with Crippen molar-refractivity contribution in [2.24, 2.45) is 0 Å². The van der Waals surface area contributed by atoms with Gasteiger partial charge in [-0.15, -0.1) is 0 Å². The molecule has 3 N–H and O–H groups in total. The molecule has 0 saturated heterocycles. The monoisotopic (exact) mass is 383 g/mol. The summed E-state index contributed by atoms with van der Waals surface area (Å²) in [4.78, 5) is 35.5. The number of hydrogen-bond acceptors (Lipinski definition) is 4. The highest BCUT2D eigenvalue weighted by atomic mass is 16.5. The summed E-state index contributed by atoms with van der Waals surface area (Å²) < 4.78 is 5.35. The number of aryl methyl sites for hydroxylation is 1. The number of likely N-dealkylation sites (N-methyl/N-ethyl adjacent to an activating group) is 1. The van der Waals surface area contributed by atoms with E-state index < -0.39 is 0 Å². The van der Waals surface area contributed by atoms with Crippen LogP contribution in [-0.4, -0.2) is 37.4 Å². The number of rotatable bonds is 9. The van der Waals surface area contributed by atoms with Crippen molar-refractivity contribution in [2.45, 2.75) is 20.3 Å². The first-order valence-electron chi connectivity index (χ1n) is 9.13. The maximum Gasteiger partial charge on any atom is 0.257 e. The number of ether oxygens (including phenoxy) is 1. The second-order valence-electron chi connectivity index (χ2n) is 6.14. The van der Waals surface area contributed by atoms with E-state index in [0.717, 1.165) is 5.56 Å². The zero-order valence-corrected chi connectivity index (χ0v) is 16.1. The molecule has 148 valence electrons. The van der Waals surface area contributed by atoms with Gasteiger partial charge >= 0.3 is 0 Å². The van der Waals surface area contributed by atoms with Gasteiger partial charge in [-0.05, 0) is 49.7 Å². The zero-order valence-electron chi connectivity index (χ0n) is 16.1. The molecule has 0 unspecified atom stereocenters. The van der Waals surface area contributed by atoms with Crippen molar-refractivity contribution in [1.82, 2.24) is 10.6 Å². The van der Waals surface area contributed by atoms with Gasteiger partial charge in [0.25, 0.3) is 11.8 Å². The van der Waals surface area contributed by atoms with Gasteiger partial charge in [-0.2, -0.15) is 0 Å². The van der Waals surface area contributed by atoms with Gasteiger partial charge in [0.05, 0.1) is 0 Å². The van der Waals surface area contributed by atoms with Gasteiger partial charge in [0.15, 0.2) is 6.61 Å². The highest BCUT2D eigenvalue weighted by molar-refractivity contribution is 5.96. The normalized spacial score (nSPS) is 10.1. The molecule has 0 bridgehead atoms. The van der Waals surface area contributed by atoms with E-state index in [2.05, 4.69) is 16.0 Å². The molecule has 0 aliphatic rings. The molecule has 0 saturated carbocycles. The summed E-state index contributed by atoms with van der Waals surface area (Å²) in [5.74, 6) is -0.0528. The van der Waals surface area contributed by atoms with Crippen molar-refractivity contribution in [3.63, 3.8) is 0 Å².